The topological polar surface area (TPSA) is 58.6 Å². The van der Waals surface area contributed by atoms with E-state index in [1.54, 1.807) is 0 Å². The van der Waals surface area contributed by atoms with Gasteiger partial charge in [0.2, 0.25) is 0 Å². The molecule has 18 heavy (non-hydrogen) atoms. The van der Waals surface area contributed by atoms with Gasteiger partial charge in [-0.05, 0) is 30.7 Å². The van der Waals surface area contributed by atoms with Crippen LogP contribution in [0.15, 0.2) is 24.3 Å². The molecule has 0 radical (unpaired) electrons. The molecule has 0 aliphatic rings. The highest BCUT2D eigenvalue weighted by Crippen LogP contribution is 2.22. The van der Waals surface area contributed by atoms with E-state index in [9.17, 15) is 4.79 Å². The lowest BCUT2D eigenvalue weighted by Crippen LogP contribution is -2.23. The lowest BCUT2D eigenvalue weighted by molar-refractivity contribution is -0.137. The first-order chi connectivity index (χ1) is 8.67. The van der Waals surface area contributed by atoms with E-state index < -0.39 is 5.97 Å². The Morgan fingerprint density at radius 3 is 2.83 bits per heavy atom. The van der Waals surface area contributed by atoms with Gasteiger partial charge in [-0.25, -0.2) is 0 Å². The normalized spacial score (nSPS) is 12.1. The van der Waals surface area contributed by atoms with Gasteiger partial charge in [0.25, 0.3) is 0 Å². The van der Waals surface area contributed by atoms with Crippen LogP contribution in [0.4, 0.5) is 0 Å². The van der Waals surface area contributed by atoms with Gasteiger partial charge in [0.15, 0.2) is 0 Å². The van der Waals surface area contributed by atoms with Crippen LogP contribution in [0.2, 0.25) is 0 Å². The first kappa shape index (κ1) is 14.5. The first-order valence-electron chi connectivity index (χ1n) is 6.35. The van der Waals surface area contributed by atoms with E-state index in [-0.39, 0.29) is 12.5 Å². The second-order valence-electron chi connectivity index (χ2n) is 4.13. The highest BCUT2D eigenvalue weighted by molar-refractivity contribution is 5.68. The molecule has 0 bridgehead atoms. The summed E-state index contributed by atoms with van der Waals surface area (Å²) in [5.41, 5.74) is 0.952. The van der Waals surface area contributed by atoms with E-state index in [0.717, 1.165) is 24.3 Å². The second-order valence-corrected chi connectivity index (χ2v) is 4.13. The number of aliphatic carboxylic acids is 1. The summed E-state index contributed by atoms with van der Waals surface area (Å²) in [6.07, 6.45) is 1.03. The monoisotopic (exact) mass is 251 g/mol. The fourth-order valence-electron chi connectivity index (χ4n) is 1.77. The van der Waals surface area contributed by atoms with Gasteiger partial charge in [-0.2, -0.15) is 0 Å². The van der Waals surface area contributed by atoms with Gasteiger partial charge in [-0.15, -0.1) is 0 Å². The Morgan fingerprint density at radius 2 is 2.22 bits per heavy atom. The summed E-state index contributed by atoms with van der Waals surface area (Å²) in [6.45, 7) is 5.42. The zero-order valence-electron chi connectivity index (χ0n) is 11.0. The van der Waals surface area contributed by atoms with Crippen molar-refractivity contribution in [2.45, 2.75) is 32.7 Å². The van der Waals surface area contributed by atoms with Crippen molar-refractivity contribution in [1.82, 2.24) is 5.32 Å². The van der Waals surface area contributed by atoms with Gasteiger partial charge in [-0.3, -0.25) is 4.79 Å². The van der Waals surface area contributed by atoms with Crippen molar-refractivity contribution in [2.24, 2.45) is 0 Å². The Kier molecular flexibility index (Phi) is 6.22. The van der Waals surface area contributed by atoms with Gasteiger partial charge >= 0.3 is 5.97 Å². The summed E-state index contributed by atoms with van der Waals surface area (Å²) in [5.74, 6) is -0.0107. The number of benzene rings is 1. The molecule has 100 valence electrons. The SMILES string of the molecule is CCCOc1cccc(C(CC(=O)O)NCC)c1. The smallest absolute Gasteiger partial charge is 0.305 e. The van der Waals surface area contributed by atoms with Crippen LogP contribution >= 0.6 is 0 Å². The molecular formula is C14H21NO3. The van der Waals surface area contributed by atoms with Crippen LogP contribution in [0, 0.1) is 0 Å². The molecule has 0 heterocycles. The van der Waals surface area contributed by atoms with Crippen molar-refractivity contribution in [2.75, 3.05) is 13.2 Å². The van der Waals surface area contributed by atoms with Gasteiger partial charge in [0.05, 0.1) is 13.0 Å². The molecule has 1 rings (SSSR count). The molecule has 0 saturated heterocycles. The molecule has 1 unspecified atom stereocenters. The molecular weight excluding hydrogens is 230 g/mol. The molecule has 0 amide bonds. The van der Waals surface area contributed by atoms with Crippen molar-refractivity contribution in [3.8, 4) is 5.75 Å². The Balaban J connectivity index is 2.79. The third-order valence-electron chi connectivity index (χ3n) is 2.56. The molecule has 1 aromatic carbocycles. The van der Waals surface area contributed by atoms with E-state index in [2.05, 4.69) is 12.2 Å². The fourth-order valence-corrected chi connectivity index (χ4v) is 1.77. The summed E-state index contributed by atoms with van der Waals surface area (Å²) in [6, 6.07) is 7.45. The molecule has 0 spiro atoms. The number of ether oxygens (including phenoxy) is 1. The van der Waals surface area contributed by atoms with Crippen LogP contribution in [0.5, 0.6) is 5.75 Å². The maximum Gasteiger partial charge on any atom is 0.305 e. The van der Waals surface area contributed by atoms with E-state index in [1.807, 2.05) is 31.2 Å². The Labute approximate surface area is 108 Å². The minimum Gasteiger partial charge on any atom is -0.494 e. The molecule has 0 aromatic heterocycles. The molecule has 4 nitrogen and oxygen atoms in total. The maximum atomic E-state index is 10.8. The summed E-state index contributed by atoms with van der Waals surface area (Å²) in [7, 11) is 0. The lowest BCUT2D eigenvalue weighted by Gasteiger charge is -2.17. The zero-order valence-corrected chi connectivity index (χ0v) is 11.0. The summed E-state index contributed by atoms with van der Waals surface area (Å²) in [4.78, 5) is 10.8. The molecule has 0 aliphatic carbocycles. The highest BCUT2D eigenvalue weighted by atomic mass is 16.5. The molecule has 2 N–H and O–H groups in total. The van der Waals surface area contributed by atoms with Gasteiger partial charge < -0.3 is 15.2 Å². The second kappa shape index (κ2) is 7.71. The molecule has 1 aromatic rings. The van der Waals surface area contributed by atoms with Crippen molar-refractivity contribution >= 4 is 5.97 Å². The minimum atomic E-state index is -0.805. The molecule has 0 fully saturated rings. The number of hydrogen-bond acceptors (Lipinski definition) is 3. The van der Waals surface area contributed by atoms with Gasteiger partial charge in [0, 0.05) is 6.04 Å². The third-order valence-corrected chi connectivity index (χ3v) is 2.56. The van der Waals surface area contributed by atoms with Crippen molar-refractivity contribution in [3.63, 3.8) is 0 Å². The largest absolute Gasteiger partial charge is 0.494 e. The van der Waals surface area contributed by atoms with Gasteiger partial charge in [-0.1, -0.05) is 26.0 Å². The maximum absolute atomic E-state index is 10.8. The number of carboxylic acid groups (broad SMARTS) is 1. The van der Waals surface area contributed by atoms with Crippen molar-refractivity contribution < 1.29 is 14.6 Å². The number of carbonyl (C=O) groups is 1. The molecule has 0 saturated carbocycles. The molecule has 1 atom stereocenters. The summed E-state index contributed by atoms with van der Waals surface area (Å²) in [5, 5.41) is 12.1. The average Bonchev–Trinajstić information content (AvgIpc) is 2.36. The van der Waals surface area contributed by atoms with Crippen LogP contribution in [0.3, 0.4) is 0 Å². The molecule has 4 heteroatoms. The average molecular weight is 251 g/mol. The third kappa shape index (κ3) is 4.75. The van der Waals surface area contributed by atoms with E-state index >= 15 is 0 Å². The number of hydrogen-bond donors (Lipinski definition) is 2. The Bertz CT molecular complexity index is 379. The Hall–Kier alpha value is -1.55. The van der Waals surface area contributed by atoms with Gasteiger partial charge in [0.1, 0.15) is 5.75 Å². The lowest BCUT2D eigenvalue weighted by atomic mass is 10.0. The summed E-state index contributed by atoms with van der Waals surface area (Å²) < 4.78 is 5.55. The number of carboxylic acids is 1. The van der Waals surface area contributed by atoms with Crippen LogP contribution in [-0.2, 0) is 4.79 Å². The quantitative estimate of drug-likeness (QED) is 0.745. The molecule has 0 aliphatic heterocycles. The van der Waals surface area contributed by atoms with Crippen LogP contribution in [-0.4, -0.2) is 24.2 Å². The van der Waals surface area contributed by atoms with E-state index in [1.165, 1.54) is 0 Å². The predicted molar refractivity (Wildman–Crippen MR) is 70.9 cm³/mol. The minimum absolute atomic E-state index is 0.0745. The highest BCUT2D eigenvalue weighted by Gasteiger charge is 2.14. The standard InChI is InChI=1S/C14H21NO3/c1-3-8-18-12-7-5-6-11(9-12)13(15-4-2)10-14(16)17/h5-7,9,13,15H,3-4,8,10H2,1-2H3,(H,16,17). The van der Waals surface area contributed by atoms with E-state index in [0.29, 0.717) is 6.61 Å². The zero-order chi connectivity index (χ0) is 13.4. The predicted octanol–water partition coefficient (Wildman–Crippen LogP) is 2.60. The van der Waals surface area contributed by atoms with Crippen LogP contribution < -0.4 is 10.1 Å². The van der Waals surface area contributed by atoms with Crippen molar-refractivity contribution in [1.29, 1.82) is 0 Å². The fraction of sp³-hybridized carbons (Fsp3) is 0.500. The van der Waals surface area contributed by atoms with Crippen LogP contribution in [0.1, 0.15) is 38.3 Å². The number of rotatable bonds is 8. The van der Waals surface area contributed by atoms with Crippen LogP contribution in [0.25, 0.3) is 0 Å². The summed E-state index contributed by atoms with van der Waals surface area (Å²) >= 11 is 0. The first-order valence-corrected chi connectivity index (χ1v) is 6.35. The number of nitrogens with one attached hydrogen (secondary N) is 1. The van der Waals surface area contributed by atoms with Crippen molar-refractivity contribution in [3.05, 3.63) is 29.8 Å². The van der Waals surface area contributed by atoms with E-state index in [4.69, 9.17) is 9.84 Å². The Morgan fingerprint density at radius 1 is 1.44 bits per heavy atom.